The van der Waals surface area contributed by atoms with E-state index in [1.54, 1.807) is 12.3 Å². The summed E-state index contributed by atoms with van der Waals surface area (Å²) in [7, 11) is 0. The summed E-state index contributed by atoms with van der Waals surface area (Å²) < 4.78 is 4.82. The van der Waals surface area contributed by atoms with Gasteiger partial charge in [0.15, 0.2) is 0 Å². The van der Waals surface area contributed by atoms with Crippen molar-refractivity contribution in [3.8, 4) is 0 Å². The molecule has 2 aromatic heterocycles. The maximum Gasteiger partial charge on any atom is 0.404 e. The maximum atomic E-state index is 11.6. The van der Waals surface area contributed by atoms with E-state index in [-0.39, 0.29) is 24.0 Å². The van der Waals surface area contributed by atoms with Gasteiger partial charge in [-0.1, -0.05) is 54.9 Å². The van der Waals surface area contributed by atoms with E-state index >= 15 is 0 Å². The summed E-state index contributed by atoms with van der Waals surface area (Å²) in [5, 5.41) is 1.88. The third kappa shape index (κ3) is 6.54. The van der Waals surface area contributed by atoms with Gasteiger partial charge in [-0.25, -0.2) is 9.78 Å². The second-order valence-corrected chi connectivity index (χ2v) is 9.52. The quantitative estimate of drug-likeness (QED) is 0.345. The summed E-state index contributed by atoms with van der Waals surface area (Å²) in [5.41, 5.74) is 6.77. The van der Waals surface area contributed by atoms with E-state index in [2.05, 4.69) is 23.8 Å². The predicted molar refractivity (Wildman–Crippen MR) is 127 cm³/mol. The molecule has 10 heteroatoms. The van der Waals surface area contributed by atoms with Crippen molar-refractivity contribution in [1.29, 1.82) is 0 Å². The number of carbonyl (C=O) groups excluding carboxylic acids is 1. The van der Waals surface area contributed by atoms with Gasteiger partial charge in [0.25, 0.3) is 0 Å². The number of aromatic amines is 2. The van der Waals surface area contributed by atoms with Crippen LogP contribution in [0.4, 0.5) is 4.79 Å². The average molecular weight is 495 g/mol. The van der Waals surface area contributed by atoms with Crippen LogP contribution >= 0.6 is 35.0 Å². The number of hydrogen-bond acceptors (Lipinski definition) is 5. The number of nitrogens with zero attached hydrogens (tertiary/aromatic N) is 1. The molecular formula is C22H24Cl2N4O3S. The Morgan fingerprint density at radius 2 is 1.94 bits per heavy atom. The first-order valence-corrected chi connectivity index (χ1v) is 11.6. The fourth-order valence-corrected chi connectivity index (χ4v) is 5.13. The van der Waals surface area contributed by atoms with E-state index < -0.39 is 6.09 Å². The van der Waals surface area contributed by atoms with Gasteiger partial charge in [-0.3, -0.25) is 4.79 Å². The van der Waals surface area contributed by atoms with Crippen LogP contribution in [0, 0.1) is 5.92 Å². The summed E-state index contributed by atoms with van der Waals surface area (Å²) in [6, 6.07) is 8.70. The number of amides is 1. The molecule has 1 unspecified atom stereocenters. The van der Waals surface area contributed by atoms with Gasteiger partial charge in [-0.05, 0) is 36.1 Å². The van der Waals surface area contributed by atoms with Crippen LogP contribution in [-0.4, -0.2) is 27.7 Å². The minimum atomic E-state index is -0.794. The number of aryl methyl sites for hydroxylation is 1. The van der Waals surface area contributed by atoms with Crippen molar-refractivity contribution in [1.82, 2.24) is 15.0 Å². The number of benzene rings is 1. The number of nitrogens with one attached hydrogen (secondary N) is 2. The maximum absolute atomic E-state index is 11.6. The molecule has 0 saturated carbocycles. The fraction of sp³-hybridized carbons (Fsp3) is 0.318. The van der Waals surface area contributed by atoms with E-state index in [0.717, 1.165) is 27.0 Å². The molecule has 3 rings (SSSR count). The Morgan fingerprint density at radius 1 is 1.22 bits per heavy atom. The van der Waals surface area contributed by atoms with Crippen molar-refractivity contribution in [2.24, 2.45) is 11.7 Å². The van der Waals surface area contributed by atoms with Crippen LogP contribution in [-0.2, 0) is 11.2 Å². The van der Waals surface area contributed by atoms with E-state index in [9.17, 15) is 9.59 Å². The number of imidazole rings is 1. The topological polar surface area (TPSA) is 114 Å². The van der Waals surface area contributed by atoms with E-state index in [1.165, 1.54) is 17.8 Å². The second-order valence-electron chi connectivity index (χ2n) is 7.59. The molecule has 0 aliphatic carbocycles. The second kappa shape index (κ2) is 10.9. The van der Waals surface area contributed by atoms with Crippen molar-refractivity contribution < 1.29 is 9.53 Å². The molecular weight excluding hydrogens is 471 g/mol. The SMILES string of the molecule is CC(C)C(c1ccc(=O)[nH]c1)c1[nH]c(CCCOC(N)=O)nc1Sc1cc(Cl)cc(Cl)c1. The molecule has 1 atom stereocenters. The lowest BCUT2D eigenvalue weighted by molar-refractivity contribution is 0.155. The lowest BCUT2D eigenvalue weighted by Crippen LogP contribution is -2.14. The number of carbonyl (C=O) groups is 1. The molecule has 0 aliphatic rings. The van der Waals surface area contributed by atoms with Crippen LogP contribution in [0.15, 0.2) is 51.2 Å². The highest BCUT2D eigenvalue weighted by Gasteiger charge is 2.25. The molecule has 1 amide bonds. The highest BCUT2D eigenvalue weighted by Crippen LogP contribution is 2.39. The van der Waals surface area contributed by atoms with Crippen LogP contribution in [0.5, 0.6) is 0 Å². The molecule has 32 heavy (non-hydrogen) atoms. The smallest absolute Gasteiger partial charge is 0.404 e. The average Bonchev–Trinajstić information content (AvgIpc) is 3.08. The summed E-state index contributed by atoms with van der Waals surface area (Å²) >= 11 is 13.8. The molecule has 7 nitrogen and oxygen atoms in total. The first-order valence-electron chi connectivity index (χ1n) is 10.1. The number of primary amides is 1. The molecule has 1 aromatic carbocycles. The molecule has 170 valence electrons. The molecule has 2 heterocycles. The van der Waals surface area contributed by atoms with Gasteiger partial charge in [0.1, 0.15) is 10.9 Å². The Balaban J connectivity index is 1.97. The summed E-state index contributed by atoms with van der Waals surface area (Å²) in [6.07, 6.45) is 2.10. The minimum Gasteiger partial charge on any atom is -0.450 e. The van der Waals surface area contributed by atoms with Crippen LogP contribution in [0.1, 0.15) is 43.3 Å². The third-order valence-corrected chi connectivity index (χ3v) is 6.16. The zero-order chi connectivity index (χ0) is 23.3. The molecule has 0 radical (unpaired) electrons. The lowest BCUT2D eigenvalue weighted by Gasteiger charge is -2.21. The van der Waals surface area contributed by atoms with Crippen molar-refractivity contribution >= 4 is 41.1 Å². The zero-order valence-electron chi connectivity index (χ0n) is 17.7. The van der Waals surface area contributed by atoms with Gasteiger partial charge in [0, 0.05) is 39.5 Å². The highest BCUT2D eigenvalue weighted by molar-refractivity contribution is 7.99. The van der Waals surface area contributed by atoms with Gasteiger partial charge in [0.2, 0.25) is 5.56 Å². The number of nitrogens with two attached hydrogens (primary N) is 1. The Hall–Kier alpha value is -2.42. The van der Waals surface area contributed by atoms with Crippen molar-refractivity contribution in [3.05, 3.63) is 74.0 Å². The highest BCUT2D eigenvalue weighted by atomic mass is 35.5. The van der Waals surface area contributed by atoms with E-state index in [0.29, 0.717) is 22.9 Å². The van der Waals surface area contributed by atoms with Crippen molar-refractivity contribution in [2.75, 3.05) is 6.61 Å². The summed E-state index contributed by atoms with van der Waals surface area (Å²) in [5.74, 6) is 0.945. The molecule has 0 aliphatic heterocycles. The number of rotatable bonds is 9. The monoisotopic (exact) mass is 494 g/mol. The van der Waals surface area contributed by atoms with Crippen LogP contribution in [0.3, 0.4) is 0 Å². The van der Waals surface area contributed by atoms with Gasteiger partial charge in [-0.15, -0.1) is 0 Å². The van der Waals surface area contributed by atoms with Crippen LogP contribution in [0.25, 0.3) is 0 Å². The van der Waals surface area contributed by atoms with E-state index in [1.807, 2.05) is 18.2 Å². The first kappa shape index (κ1) is 24.2. The van der Waals surface area contributed by atoms with E-state index in [4.69, 9.17) is 38.7 Å². The third-order valence-electron chi connectivity index (χ3n) is 4.74. The Morgan fingerprint density at radius 3 is 2.53 bits per heavy atom. The Labute approximate surface area is 200 Å². The lowest BCUT2D eigenvalue weighted by atomic mass is 9.87. The van der Waals surface area contributed by atoms with Crippen LogP contribution < -0.4 is 11.3 Å². The molecule has 0 saturated heterocycles. The minimum absolute atomic E-state index is 0.0351. The molecule has 0 spiro atoms. The molecule has 0 fully saturated rings. The van der Waals surface area contributed by atoms with Gasteiger partial charge < -0.3 is 20.4 Å². The van der Waals surface area contributed by atoms with Gasteiger partial charge in [-0.2, -0.15) is 0 Å². The zero-order valence-corrected chi connectivity index (χ0v) is 20.0. The van der Waals surface area contributed by atoms with Crippen molar-refractivity contribution in [2.45, 2.75) is 42.5 Å². The molecule has 4 N–H and O–H groups in total. The summed E-state index contributed by atoms with van der Waals surface area (Å²) in [4.78, 5) is 34.2. The number of pyridine rings is 1. The molecule has 3 aromatic rings. The predicted octanol–water partition coefficient (Wildman–Crippen LogP) is 5.37. The number of H-pyrrole nitrogens is 2. The Bertz CT molecular complexity index is 1110. The number of aromatic nitrogens is 3. The van der Waals surface area contributed by atoms with Crippen LogP contribution in [0.2, 0.25) is 10.0 Å². The number of ether oxygens (including phenoxy) is 1. The van der Waals surface area contributed by atoms with Gasteiger partial charge in [0.05, 0.1) is 12.3 Å². The number of hydrogen-bond donors (Lipinski definition) is 3. The standard InChI is InChI=1S/C22H24Cl2N4O3S/c1-12(2)19(13-5-6-18(29)26-11-13)20-21(32-16-9-14(23)8-15(24)10-16)28-17(27-20)4-3-7-31-22(25)30/h5-6,8-12,19H,3-4,7H2,1-2H3,(H2,25,30)(H,26,29)(H,27,28). The normalized spacial score (nSPS) is 12.2. The largest absolute Gasteiger partial charge is 0.450 e. The molecule has 0 bridgehead atoms. The number of halogens is 2. The fourth-order valence-electron chi connectivity index (χ4n) is 3.44. The Kier molecular flexibility index (Phi) is 8.28. The first-order chi connectivity index (χ1) is 15.2. The van der Waals surface area contributed by atoms with Crippen molar-refractivity contribution in [3.63, 3.8) is 0 Å². The summed E-state index contributed by atoms with van der Waals surface area (Å²) in [6.45, 7) is 4.44. The van der Waals surface area contributed by atoms with Gasteiger partial charge >= 0.3 is 6.09 Å².